The zero-order valence-corrected chi connectivity index (χ0v) is 14.8. The lowest BCUT2D eigenvalue weighted by Crippen LogP contribution is -2.60. The molecule has 2 aromatic carbocycles. The van der Waals surface area contributed by atoms with Gasteiger partial charge in [-0.3, -0.25) is 0 Å². The van der Waals surface area contributed by atoms with Gasteiger partial charge >= 0.3 is 0 Å². The largest absolute Gasteiger partial charge is 0.471 e. The van der Waals surface area contributed by atoms with Crippen molar-refractivity contribution in [3.05, 3.63) is 70.8 Å². The summed E-state index contributed by atoms with van der Waals surface area (Å²) >= 11 is 6.05. The molecule has 4 heteroatoms. The average Bonchev–Trinajstić information content (AvgIpc) is 3.10. The Kier molecular flexibility index (Phi) is 3.54. The Morgan fingerprint density at radius 1 is 1.00 bits per heavy atom. The third kappa shape index (κ3) is 2.45. The van der Waals surface area contributed by atoms with Gasteiger partial charge in [0.1, 0.15) is 5.75 Å². The lowest BCUT2D eigenvalue weighted by atomic mass is 9.87. The van der Waals surface area contributed by atoms with Gasteiger partial charge in [-0.05, 0) is 42.7 Å². The van der Waals surface area contributed by atoms with Gasteiger partial charge < -0.3 is 10.2 Å². The summed E-state index contributed by atoms with van der Waals surface area (Å²) in [6.07, 6.45) is 8.16. The van der Waals surface area contributed by atoms with Crippen LogP contribution in [0.4, 0.5) is 0 Å². The normalized spacial score (nSPS) is 24.0. The van der Waals surface area contributed by atoms with E-state index in [1.807, 2.05) is 12.1 Å². The van der Waals surface area contributed by atoms with E-state index in [1.165, 1.54) is 24.8 Å². The molecule has 0 radical (unpaired) electrons. The Hall–Kier alpha value is -1.97. The molecule has 3 nitrogen and oxygen atoms in total. The first-order valence-corrected chi connectivity index (χ1v) is 9.45. The molecule has 0 amide bonds. The van der Waals surface area contributed by atoms with Crippen LogP contribution < -0.4 is 10.2 Å². The standard InChI is InChI=1S/C21H21ClN2O/c22-16-10-8-15(9-11-16)18-14-19-17-6-2-3-7-20(17)25-21(24(19)23-18)12-4-1-5-13-21/h2-3,6-11,14,19,23H,1,4-5,12-13H2/t19-/m1/s1. The summed E-state index contributed by atoms with van der Waals surface area (Å²) in [7, 11) is 0. The minimum Gasteiger partial charge on any atom is -0.471 e. The second-order valence-electron chi connectivity index (χ2n) is 7.16. The predicted octanol–water partition coefficient (Wildman–Crippen LogP) is 5.30. The first kappa shape index (κ1) is 15.3. The molecule has 2 heterocycles. The second kappa shape index (κ2) is 5.79. The number of para-hydroxylation sites is 1. The van der Waals surface area contributed by atoms with Gasteiger partial charge in [0, 0.05) is 23.4 Å². The highest BCUT2D eigenvalue weighted by molar-refractivity contribution is 6.30. The molecule has 1 aliphatic carbocycles. The molecule has 5 rings (SSSR count). The van der Waals surface area contributed by atoms with Crippen LogP contribution in [0.1, 0.15) is 49.3 Å². The number of nitrogens with one attached hydrogen (secondary N) is 1. The summed E-state index contributed by atoms with van der Waals surface area (Å²) in [5.41, 5.74) is 6.93. The van der Waals surface area contributed by atoms with E-state index in [1.54, 1.807) is 0 Å². The number of ether oxygens (including phenoxy) is 1. The fraction of sp³-hybridized carbons (Fsp3) is 0.333. The minimum atomic E-state index is -0.248. The molecule has 0 unspecified atom stereocenters. The average molecular weight is 353 g/mol. The van der Waals surface area contributed by atoms with Crippen LogP contribution in [0.15, 0.2) is 54.6 Å². The molecule has 0 saturated heterocycles. The monoisotopic (exact) mass is 352 g/mol. The molecule has 2 aromatic rings. The van der Waals surface area contributed by atoms with E-state index in [9.17, 15) is 0 Å². The highest BCUT2D eigenvalue weighted by atomic mass is 35.5. The molecule has 1 N–H and O–H groups in total. The van der Waals surface area contributed by atoms with Crippen LogP contribution in [-0.4, -0.2) is 10.7 Å². The molecule has 3 aliphatic rings. The van der Waals surface area contributed by atoms with E-state index in [4.69, 9.17) is 16.3 Å². The fourth-order valence-corrected chi connectivity index (χ4v) is 4.49. The molecule has 25 heavy (non-hydrogen) atoms. The molecule has 1 saturated carbocycles. The van der Waals surface area contributed by atoms with Crippen LogP contribution in [-0.2, 0) is 0 Å². The van der Waals surface area contributed by atoms with Crippen molar-refractivity contribution in [3.63, 3.8) is 0 Å². The van der Waals surface area contributed by atoms with Crippen LogP contribution in [0.3, 0.4) is 0 Å². The van der Waals surface area contributed by atoms with Crippen molar-refractivity contribution < 1.29 is 4.74 Å². The molecule has 0 bridgehead atoms. The van der Waals surface area contributed by atoms with E-state index in [2.05, 4.69) is 52.9 Å². The molecule has 1 fully saturated rings. The van der Waals surface area contributed by atoms with Gasteiger partial charge in [0.05, 0.1) is 11.7 Å². The topological polar surface area (TPSA) is 24.5 Å². The Morgan fingerprint density at radius 2 is 1.76 bits per heavy atom. The summed E-state index contributed by atoms with van der Waals surface area (Å²) in [5.74, 6) is 1.03. The molecular formula is C21H21ClN2O. The van der Waals surface area contributed by atoms with E-state index >= 15 is 0 Å². The maximum Gasteiger partial charge on any atom is 0.180 e. The third-order valence-corrected chi connectivity index (χ3v) is 5.86. The number of hydrogen-bond acceptors (Lipinski definition) is 3. The molecule has 0 aromatic heterocycles. The highest BCUT2D eigenvalue weighted by Gasteiger charge is 2.50. The summed E-state index contributed by atoms with van der Waals surface area (Å²) < 4.78 is 6.59. The van der Waals surface area contributed by atoms with Crippen LogP contribution in [0.2, 0.25) is 5.02 Å². The van der Waals surface area contributed by atoms with Crippen molar-refractivity contribution in [1.29, 1.82) is 0 Å². The molecule has 128 valence electrons. The van der Waals surface area contributed by atoms with Gasteiger partial charge in [-0.2, -0.15) is 5.01 Å². The third-order valence-electron chi connectivity index (χ3n) is 5.61. The van der Waals surface area contributed by atoms with Crippen molar-refractivity contribution in [2.24, 2.45) is 0 Å². The van der Waals surface area contributed by atoms with Crippen molar-refractivity contribution >= 4 is 17.3 Å². The smallest absolute Gasteiger partial charge is 0.180 e. The van der Waals surface area contributed by atoms with Crippen molar-refractivity contribution in [1.82, 2.24) is 10.4 Å². The first-order chi connectivity index (χ1) is 12.3. The van der Waals surface area contributed by atoms with Gasteiger partial charge in [-0.15, -0.1) is 0 Å². The number of benzene rings is 2. The second-order valence-corrected chi connectivity index (χ2v) is 7.60. The number of nitrogens with zero attached hydrogens (tertiary/aromatic N) is 1. The number of rotatable bonds is 1. The molecule has 2 aliphatic heterocycles. The van der Waals surface area contributed by atoms with E-state index in [-0.39, 0.29) is 11.8 Å². The molecule has 1 atom stereocenters. The van der Waals surface area contributed by atoms with Gasteiger partial charge in [0.15, 0.2) is 5.72 Å². The lowest BCUT2D eigenvalue weighted by Gasteiger charge is -2.50. The Labute approximate surface area is 153 Å². The summed E-state index contributed by atoms with van der Waals surface area (Å²) in [4.78, 5) is 0. The number of fused-ring (bicyclic) bond motifs is 4. The summed E-state index contributed by atoms with van der Waals surface area (Å²) in [5, 5.41) is 3.11. The Morgan fingerprint density at radius 3 is 2.56 bits per heavy atom. The van der Waals surface area contributed by atoms with E-state index < -0.39 is 0 Å². The molecule has 1 spiro atoms. The zero-order chi connectivity index (χ0) is 16.9. The molecular weight excluding hydrogens is 332 g/mol. The van der Waals surface area contributed by atoms with Crippen LogP contribution >= 0.6 is 11.6 Å². The van der Waals surface area contributed by atoms with Crippen molar-refractivity contribution in [2.75, 3.05) is 0 Å². The maximum atomic E-state index is 6.59. The van der Waals surface area contributed by atoms with Gasteiger partial charge in [-0.25, -0.2) is 0 Å². The first-order valence-electron chi connectivity index (χ1n) is 9.07. The van der Waals surface area contributed by atoms with Crippen LogP contribution in [0.25, 0.3) is 5.70 Å². The number of hydrazine groups is 1. The summed E-state index contributed by atoms with van der Waals surface area (Å²) in [6, 6.07) is 16.7. The van der Waals surface area contributed by atoms with Crippen LogP contribution in [0.5, 0.6) is 5.75 Å². The van der Waals surface area contributed by atoms with Crippen molar-refractivity contribution in [2.45, 2.75) is 43.9 Å². The van der Waals surface area contributed by atoms with Gasteiger partial charge in [-0.1, -0.05) is 48.4 Å². The summed E-state index contributed by atoms with van der Waals surface area (Å²) in [6.45, 7) is 0. The van der Waals surface area contributed by atoms with Crippen molar-refractivity contribution in [3.8, 4) is 5.75 Å². The SMILES string of the molecule is Clc1ccc(C2=C[C@@H]3c4ccccc4OC4(CCCCC4)N3N2)cc1. The fourth-order valence-electron chi connectivity index (χ4n) is 4.36. The zero-order valence-electron chi connectivity index (χ0n) is 14.0. The highest BCUT2D eigenvalue weighted by Crippen LogP contribution is 2.49. The van der Waals surface area contributed by atoms with E-state index in [0.717, 1.165) is 34.9 Å². The number of hydrogen-bond donors (Lipinski definition) is 1. The number of halogens is 1. The maximum absolute atomic E-state index is 6.59. The quantitative estimate of drug-likeness (QED) is 0.754. The minimum absolute atomic E-state index is 0.203. The van der Waals surface area contributed by atoms with Gasteiger partial charge in [0.2, 0.25) is 0 Å². The van der Waals surface area contributed by atoms with Crippen LogP contribution in [0, 0.1) is 0 Å². The Bertz CT molecular complexity index is 824. The lowest BCUT2D eigenvalue weighted by molar-refractivity contribution is -0.150. The van der Waals surface area contributed by atoms with Gasteiger partial charge in [0.25, 0.3) is 0 Å². The van der Waals surface area contributed by atoms with E-state index in [0.29, 0.717) is 0 Å². The Balaban J connectivity index is 1.58. The predicted molar refractivity (Wildman–Crippen MR) is 100 cm³/mol.